The van der Waals surface area contributed by atoms with Gasteiger partial charge in [-0.25, -0.2) is 8.42 Å². The average molecular weight is 331 g/mol. The van der Waals surface area contributed by atoms with E-state index < -0.39 is 9.84 Å². The Hall–Kier alpha value is -1.18. The van der Waals surface area contributed by atoms with Crippen LogP contribution in [0.5, 0.6) is 5.75 Å². The molecule has 0 saturated carbocycles. The molecule has 118 valence electrons. The Bertz CT molecular complexity index is 541. The van der Waals surface area contributed by atoms with Gasteiger partial charge in [0.2, 0.25) is 0 Å². The second-order valence-electron chi connectivity index (χ2n) is 4.57. The number of aliphatic hydroxyl groups is 1. The van der Waals surface area contributed by atoms with E-state index in [4.69, 9.17) is 22.1 Å². The zero-order chi connectivity index (χ0) is 15.7. The third kappa shape index (κ3) is 7.40. The summed E-state index contributed by atoms with van der Waals surface area (Å²) in [4.78, 5) is 0.644. The maximum absolute atomic E-state index is 11.4. The minimum atomic E-state index is -3.19. The van der Waals surface area contributed by atoms with Gasteiger partial charge in [-0.1, -0.05) is 24.4 Å². The number of nitrogens with one attached hydrogen (secondary N) is 1. The number of hydrogen-bond donors (Lipinski definition) is 2. The number of ether oxygens (including phenoxy) is 1. The van der Waals surface area contributed by atoms with E-state index in [0.29, 0.717) is 11.4 Å². The molecule has 1 rings (SSSR count). The summed E-state index contributed by atoms with van der Waals surface area (Å²) in [6.07, 6.45) is 1.46. The van der Waals surface area contributed by atoms with Gasteiger partial charge in [0.25, 0.3) is 0 Å². The van der Waals surface area contributed by atoms with E-state index in [2.05, 4.69) is 5.32 Å². The molecule has 21 heavy (non-hydrogen) atoms. The molecule has 0 aliphatic heterocycles. The van der Waals surface area contributed by atoms with Crippen LogP contribution in [0.3, 0.4) is 0 Å². The molecule has 1 aromatic carbocycles. The molecule has 0 heterocycles. The maximum Gasteiger partial charge on any atom is 0.154 e. The Labute approximate surface area is 131 Å². The molecular formula is C14H21NO4S2. The summed E-state index contributed by atoms with van der Waals surface area (Å²) in [6.45, 7) is -0.0615. The Morgan fingerprint density at radius 2 is 1.95 bits per heavy atom. The molecule has 0 bridgehead atoms. The lowest BCUT2D eigenvalue weighted by atomic mass is 10.1. The topological polar surface area (TPSA) is 75.6 Å². The van der Waals surface area contributed by atoms with Gasteiger partial charge in [-0.05, 0) is 24.1 Å². The smallest absolute Gasteiger partial charge is 0.154 e. The lowest BCUT2D eigenvalue weighted by Gasteiger charge is -2.08. The van der Waals surface area contributed by atoms with Crippen LogP contribution in [0, 0.1) is 0 Å². The monoisotopic (exact) mass is 331 g/mol. The van der Waals surface area contributed by atoms with E-state index >= 15 is 0 Å². The van der Waals surface area contributed by atoms with E-state index in [-0.39, 0.29) is 24.7 Å². The van der Waals surface area contributed by atoms with Crippen molar-refractivity contribution in [2.45, 2.75) is 12.8 Å². The van der Waals surface area contributed by atoms with Gasteiger partial charge in [0.05, 0.1) is 30.2 Å². The van der Waals surface area contributed by atoms with Crippen molar-refractivity contribution >= 4 is 27.0 Å². The minimum Gasteiger partial charge on any atom is -0.497 e. The van der Waals surface area contributed by atoms with Crippen molar-refractivity contribution in [3.63, 3.8) is 0 Å². The summed E-state index contributed by atoms with van der Waals surface area (Å²) in [7, 11) is -1.56. The molecule has 1 aromatic rings. The van der Waals surface area contributed by atoms with Gasteiger partial charge in [-0.2, -0.15) is 0 Å². The number of benzene rings is 1. The van der Waals surface area contributed by atoms with E-state index in [1.54, 1.807) is 7.11 Å². The Kier molecular flexibility index (Phi) is 7.63. The molecule has 0 radical (unpaired) electrons. The third-order valence-corrected chi connectivity index (χ3v) is 4.92. The van der Waals surface area contributed by atoms with Crippen LogP contribution in [0.1, 0.15) is 12.0 Å². The fourth-order valence-electron chi connectivity index (χ4n) is 1.73. The van der Waals surface area contributed by atoms with Crippen molar-refractivity contribution in [1.82, 2.24) is 5.32 Å². The van der Waals surface area contributed by atoms with Gasteiger partial charge >= 0.3 is 0 Å². The number of rotatable bonds is 9. The van der Waals surface area contributed by atoms with Crippen LogP contribution in [0.25, 0.3) is 0 Å². The molecule has 7 heteroatoms. The summed E-state index contributed by atoms with van der Waals surface area (Å²) < 4.78 is 27.9. The molecule has 0 spiro atoms. The van der Waals surface area contributed by atoms with Crippen molar-refractivity contribution in [1.29, 1.82) is 0 Å². The molecule has 0 unspecified atom stereocenters. The number of aryl methyl sites for hydroxylation is 1. The molecule has 0 atom stereocenters. The van der Waals surface area contributed by atoms with Gasteiger partial charge in [0.1, 0.15) is 5.75 Å². The van der Waals surface area contributed by atoms with Gasteiger partial charge in [0.15, 0.2) is 9.84 Å². The van der Waals surface area contributed by atoms with E-state index in [1.807, 2.05) is 24.3 Å². The van der Waals surface area contributed by atoms with E-state index in [9.17, 15) is 8.42 Å². The van der Waals surface area contributed by atoms with Gasteiger partial charge in [-0.3, -0.25) is 0 Å². The van der Waals surface area contributed by atoms with Crippen LogP contribution in [-0.2, 0) is 16.3 Å². The van der Waals surface area contributed by atoms with Crippen molar-refractivity contribution in [2.75, 3.05) is 31.8 Å². The molecule has 0 aliphatic rings. The second-order valence-corrected chi connectivity index (χ2v) is 7.37. The fraction of sp³-hybridized carbons (Fsp3) is 0.500. The highest BCUT2D eigenvalue weighted by molar-refractivity contribution is 7.91. The lowest BCUT2D eigenvalue weighted by Crippen LogP contribution is -2.29. The first kappa shape index (κ1) is 17.9. The van der Waals surface area contributed by atoms with Crippen LogP contribution >= 0.6 is 12.2 Å². The zero-order valence-electron chi connectivity index (χ0n) is 12.0. The molecule has 2 N–H and O–H groups in total. The van der Waals surface area contributed by atoms with Gasteiger partial charge < -0.3 is 15.2 Å². The molecule has 0 amide bonds. The molecule has 5 nitrogen and oxygen atoms in total. The summed E-state index contributed by atoms with van der Waals surface area (Å²) in [5.41, 5.74) is 1.15. The quantitative estimate of drug-likeness (QED) is 0.656. The zero-order valence-corrected chi connectivity index (χ0v) is 13.7. The van der Waals surface area contributed by atoms with Crippen LogP contribution < -0.4 is 10.1 Å². The summed E-state index contributed by atoms with van der Waals surface area (Å²) in [5.74, 6) is 0.595. The van der Waals surface area contributed by atoms with Crippen molar-refractivity contribution in [2.24, 2.45) is 0 Å². The van der Waals surface area contributed by atoms with Crippen LogP contribution in [0.15, 0.2) is 24.3 Å². The highest BCUT2D eigenvalue weighted by Gasteiger charge is 2.09. The summed E-state index contributed by atoms with van der Waals surface area (Å²) in [5, 5.41) is 11.6. The summed E-state index contributed by atoms with van der Waals surface area (Å²) >= 11 is 5.17. The highest BCUT2D eigenvalue weighted by Crippen LogP contribution is 2.12. The maximum atomic E-state index is 11.4. The largest absolute Gasteiger partial charge is 0.497 e. The van der Waals surface area contributed by atoms with Gasteiger partial charge in [0, 0.05) is 13.0 Å². The van der Waals surface area contributed by atoms with Crippen LogP contribution in [0.2, 0.25) is 0 Å². The fourth-order valence-corrected chi connectivity index (χ4v) is 2.83. The lowest BCUT2D eigenvalue weighted by molar-refractivity contribution is 0.319. The molecule has 0 aromatic heterocycles. The molecule has 0 fully saturated rings. The Morgan fingerprint density at radius 1 is 1.29 bits per heavy atom. The summed E-state index contributed by atoms with van der Waals surface area (Å²) in [6, 6.07) is 7.75. The molecule has 0 aliphatic carbocycles. The second kappa shape index (κ2) is 8.96. The number of hydrogen-bond acceptors (Lipinski definition) is 5. The number of aliphatic hydroxyl groups excluding tert-OH is 1. The first-order chi connectivity index (χ1) is 9.96. The standard InChI is InChI=1S/C14H21NO4S2/c1-19-13-5-2-12(3-6-13)4-7-14(20)15-8-10-21(17,18)11-9-16/h2-3,5-6,16H,4,7-11H2,1H3,(H,15,20). The number of methoxy groups -OCH3 is 1. The molecule has 0 saturated heterocycles. The first-order valence-corrected chi connectivity index (χ1v) is 8.91. The molecular weight excluding hydrogens is 310 g/mol. The van der Waals surface area contributed by atoms with E-state index in [0.717, 1.165) is 17.7 Å². The van der Waals surface area contributed by atoms with Crippen molar-refractivity contribution in [3.05, 3.63) is 29.8 Å². The average Bonchev–Trinajstić information content (AvgIpc) is 2.45. The Morgan fingerprint density at radius 3 is 2.52 bits per heavy atom. The minimum absolute atomic E-state index is 0.0176. The number of thiocarbonyl (C=S) groups is 1. The van der Waals surface area contributed by atoms with E-state index in [1.165, 1.54) is 0 Å². The third-order valence-electron chi connectivity index (χ3n) is 2.94. The SMILES string of the molecule is COc1ccc(CCC(=S)NCCS(=O)(=O)CCO)cc1. The first-order valence-electron chi connectivity index (χ1n) is 6.68. The normalized spacial score (nSPS) is 11.1. The van der Waals surface area contributed by atoms with Crippen LogP contribution in [-0.4, -0.2) is 50.3 Å². The Balaban J connectivity index is 2.27. The highest BCUT2D eigenvalue weighted by atomic mass is 32.2. The van der Waals surface area contributed by atoms with Crippen molar-refractivity contribution < 1.29 is 18.3 Å². The van der Waals surface area contributed by atoms with Crippen LogP contribution in [0.4, 0.5) is 0 Å². The predicted octanol–water partition coefficient (Wildman–Crippen LogP) is 0.952. The van der Waals surface area contributed by atoms with Crippen molar-refractivity contribution in [3.8, 4) is 5.75 Å². The number of sulfone groups is 1. The predicted molar refractivity (Wildman–Crippen MR) is 87.7 cm³/mol. The van der Waals surface area contributed by atoms with Gasteiger partial charge in [-0.15, -0.1) is 0 Å².